The third-order valence-electron chi connectivity index (χ3n) is 7.48. The van der Waals surface area contributed by atoms with Gasteiger partial charge in [0.05, 0.1) is 36.6 Å². The fraction of sp³-hybridized carbons (Fsp3) is 0.743. The third-order valence-corrected chi connectivity index (χ3v) is 7.48. The maximum absolute atomic E-state index is 11.3. The predicted octanol–water partition coefficient (Wildman–Crippen LogP) is 9.55. The molecule has 6 heteroatoms. The van der Waals surface area contributed by atoms with Crippen LogP contribution >= 0.6 is 0 Å². The lowest BCUT2D eigenvalue weighted by molar-refractivity contribution is -0.154. The quantitative estimate of drug-likeness (QED) is 0.139. The Labute approximate surface area is 253 Å². The second-order valence-corrected chi connectivity index (χ2v) is 12.1. The van der Waals surface area contributed by atoms with Crippen molar-refractivity contribution in [3.05, 3.63) is 35.9 Å². The molecule has 1 unspecified atom stereocenters. The van der Waals surface area contributed by atoms with E-state index >= 15 is 0 Å². The first-order chi connectivity index (χ1) is 19.0. The molecule has 1 rings (SSSR count). The summed E-state index contributed by atoms with van der Waals surface area (Å²) in [4.78, 5) is 33.3. The number of esters is 3. The van der Waals surface area contributed by atoms with Crippen LogP contribution < -0.4 is 0 Å². The smallest absolute Gasteiger partial charge is 0.311 e. The number of methoxy groups -OCH3 is 1. The summed E-state index contributed by atoms with van der Waals surface area (Å²) >= 11 is 0. The molecule has 0 aliphatic carbocycles. The van der Waals surface area contributed by atoms with Gasteiger partial charge in [-0.1, -0.05) is 78.3 Å². The van der Waals surface area contributed by atoms with Crippen LogP contribution in [0.4, 0.5) is 0 Å². The fourth-order valence-corrected chi connectivity index (χ4v) is 2.56. The fourth-order valence-electron chi connectivity index (χ4n) is 2.56. The molecule has 1 atom stereocenters. The molecule has 0 aliphatic rings. The van der Waals surface area contributed by atoms with Crippen molar-refractivity contribution in [1.29, 1.82) is 0 Å². The zero-order valence-electron chi connectivity index (χ0n) is 29.1. The standard InChI is InChI=1S/C10H20O2.C10H14.C8H16O2.C7H14O2/c1-5-7-8-12-9(11)10(3,4)6-2;1-3-9(2)10-7-5-4-6-8-10;1-5-8(3,4)7(9)10-6-2;1-5-7(2,3)6(8)9-4/h5-8H2,1-4H3;4-9H,3H2,1-2H3;5-6H2,1-4H3;5H2,1-4H3. The molecule has 0 aromatic heterocycles. The lowest BCUT2D eigenvalue weighted by Crippen LogP contribution is -2.26. The van der Waals surface area contributed by atoms with Gasteiger partial charge in [0.2, 0.25) is 0 Å². The molecule has 6 nitrogen and oxygen atoms in total. The Hall–Kier alpha value is -2.37. The van der Waals surface area contributed by atoms with Crippen LogP contribution in [-0.4, -0.2) is 38.2 Å². The normalized spacial score (nSPS) is 11.7. The van der Waals surface area contributed by atoms with E-state index in [0.29, 0.717) is 19.1 Å². The Morgan fingerprint density at radius 2 is 1.10 bits per heavy atom. The Balaban J connectivity index is -0.000000472. The highest BCUT2D eigenvalue weighted by atomic mass is 16.5. The summed E-state index contributed by atoms with van der Waals surface area (Å²) in [5.41, 5.74) is 0.517. The zero-order valence-corrected chi connectivity index (χ0v) is 29.1. The van der Waals surface area contributed by atoms with Crippen molar-refractivity contribution in [3.63, 3.8) is 0 Å². The summed E-state index contributed by atoms with van der Waals surface area (Å²) in [5, 5.41) is 0. The highest BCUT2D eigenvalue weighted by Gasteiger charge is 2.27. The topological polar surface area (TPSA) is 78.9 Å². The number of benzene rings is 1. The SMILES string of the molecule is CCC(C)(C)C(=O)OC.CCC(C)c1ccccc1.CCCCOC(=O)C(C)(C)CC.CCOC(=O)C(C)(C)CC. The molecule has 0 N–H and O–H groups in total. The number of carbonyl (C=O) groups excluding carboxylic acids is 3. The van der Waals surface area contributed by atoms with Crippen LogP contribution in [0.3, 0.4) is 0 Å². The molecule has 0 heterocycles. The Morgan fingerprint density at radius 1 is 0.683 bits per heavy atom. The second kappa shape index (κ2) is 23.2. The Morgan fingerprint density at radius 3 is 1.41 bits per heavy atom. The van der Waals surface area contributed by atoms with Crippen LogP contribution in [-0.2, 0) is 28.6 Å². The van der Waals surface area contributed by atoms with E-state index in [-0.39, 0.29) is 34.2 Å². The largest absolute Gasteiger partial charge is 0.469 e. The molecule has 0 radical (unpaired) electrons. The maximum Gasteiger partial charge on any atom is 0.311 e. The van der Waals surface area contributed by atoms with Gasteiger partial charge in [-0.25, -0.2) is 0 Å². The van der Waals surface area contributed by atoms with Gasteiger partial charge in [0.25, 0.3) is 0 Å². The van der Waals surface area contributed by atoms with Crippen LogP contribution in [0.25, 0.3) is 0 Å². The predicted molar refractivity (Wildman–Crippen MR) is 172 cm³/mol. The van der Waals surface area contributed by atoms with E-state index in [4.69, 9.17) is 9.47 Å². The molecule has 0 aliphatic heterocycles. The average Bonchev–Trinajstić information content (AvgIpc) is 2.97. The van der Waals surface area contributed by atoms with Gasteiger partial charge in [0.1, 0.15) is 0 Å². The average molecular weight is 581 g/mol. The molecule has 0 saturated carbocycles. The minimum absolute atomic E-state index is 0.0709. The summed E-state index contributed by atoms with van der Waals surface area (Å²) in [6.07, 6.45) is 5.73. The van der Waals surface area contributed by atoms with E-state index in [1.54, 1.807) is 0 Å². The van der Waals surface area contributed by atoms with Gasteiger partial charge in [0, 0.05) is 0 Å². The van der Waals surface area contributed by atoms with E-state index in [1.807, 2.05) is 69.2 Å². The molecule has 0 saturated heterocycles. The number of hydrogen-bond donors (Lipinski definition) is 0. The third kappa shape index (κ3) is 20.2. The number of ether oxygens (including phenoxy) is 3. The number of rotatable bonds is 12. The molecule has 0 fully saturated rings. The number of carbonyl (C=O) groups is 3. The lowest BCUT2D eigenvalue weighted by atomic mass is 9.91. The molecule has 240 valence electrons. The van der Waals surface area contributed by atoms with E-state index in [0.717, 1.165) is 32.1 Å². The summed E-state index contributed by atoms with van der Waals surface area (Å²) in [5.74, 6) is 0.405. The van der Waals surface area contributed by atoms with Crippen molar-refractivity contribution in [1.82, 2.24) is 0 Å². The summed E-state index contributed by atoms with van der Waals surface area (Å²) in [6, 6.07) is 10.6. The van der Waals surface area contributed by atoms with Crippen LogP contribution in [0.1, 0.15) is 140 Å². The summed E-state index contributed by atoms with van der Waals surface area (Å²) < 4.78 is 14.5. The van der Waals surface area contributed by atoms with Gasteiger partial charge in [0.15, 0.2) is 0 Å². The van der Waals surface area contributed by atoms with Crippen LogP contribution in [0.5, 0.6) is 0 Å². The minimum atomic E-state index is -0.312. The van der Waals surface area contributed by atoms with Crippen molar-refractivity contribution in [2.75, 3.05) is 20.3 Å². The van der Waals surface area contributed by atoms with Gasteiger partial charge in [-0.05, 0) is 92.1 Å². The molecule has 1 aromatic carbocycles. The number of unbranched alkanes of at least 4 members (excludes halogenated alkanes) is 1. The van der Waals surface area contributed by atoms with Gasteiger partial charge in [-0.2, -0.15) is 0 Å². The molecule has 41 heavy (non-hydrogen) atoms. The van der Waals surface area contributed by atoms with Gasteiger partial charge in [-0.15, -0.1) is 0 Å². The van der Waals surface area contributed by atoms with Crippen molar-refractivity contribution in [2.24, 2.45) is 16.2 Å². The second-order valence-electron chi connectivity index (χ2n) is 12.1. The van der Waals surface area contributed by atoms with E-state index < -0.39 is 0 Å². The van der Waals surface area contributed by atoms with Crippen molar-refractivity contribution >= 4 is 17.9 Å². The number of hydrogen-bond acceptors (Lipinski definition) is 6. The monoisotopic (exact) mass is 580 g/mol. The van der Waals surface area contributed by atoms with Gasteiger partial charge in [-0.3, -0.25) is 14.4 Å². The highest BCUT2D eigenvalue weighted by Crippen LogP contribution is 2.22. The van der Waals surface area contributed by atoms with E-state index in [9.17, 15) is 14.4 Å². The molecule has 1 aromatic rings. The molecule has 0 amide bonds. The maximum atomic E-state index is 11.3. The van der Waals surface area contributed by atoms with E-state index in [1.165, 1.54) is 19.1 Å². The van der Waals surface area contributed by atoms with Crippen molar-refractivity contribution in [3.8, 4) is 0 Å². The summed E-state index contributed by atoms with van der Waals surface area (Å²) in [7, 11) is 1.42. The molecular weight excluding hydrogens is 516 g/mol. The minimum Gasteiger partial charge on any atom is -0.469 e. The lowest BCUT2D eigenvalue weighted by Gasteiger charge is -2.19. The molecule has 0 spiro atoms. The first-order valence-electron chi connectivity index (χ1n) is 15.4. The highest BCUT2D eigenvalue weighted by molar-refractivity contribution is 5.76. The van der Waals surface area contributed by atoms with Gasteiger partial charge < -0.3 is 14.2 Å². The summed E-state index contributed by atoms with van der Waals surface area (Å²) in [6.45, 7) is 26.8. The first kappa shape index (κ1) is 43.1. The van der Waals surface area contributed by atoms with Crippen molar-refractivity contribution < 1.29 is 28.6 Å². The molecular formula is C35H64O6. The Bertz CT molecular complexity index is 811. The first-order valence-corrected chi connectivity index (χ1v) is 15.4. The molecule has 0 bridgehead atoms. The zero-order chi connectivity index (χ0) is 32.7. The Kier molecular flexibility index (Phi) is 24.4. The van der Waals surface area contributed by atoms with Gasteiger partial charge >= 0.3 is 17.9 Å². The van der Waals surface area contributed by atoms with Crippen molar-refractivity contribution in [2.45, 2.75) is 134 Å². The van der Waals surface area contributed by atoms with Crippen LogP contribution in [0, 0.1) is 16.2 Å². The van der Waals surface area contributed by atoms with E-state index in [2.05, 4.69) is 55.8 Å². The van der Waals surface area contributed by atoms with Crippen LogP contribution in [0.2, 0.25) is 0 Å². The van der Waals surface area contributed by atoms with Crippen LogP contribution in [0.15, 0.2) is 30.3 Å².